The Labute approximate surface area is 159 Å². The maximum Gasteiger partial charge on any atom is 0.508 e. The van der Waals surface area contributed by atoms with Crippen LogP contribution in [0.15, 0.2) is 24.3 Å². The minimum absolute atomic E-state index is 0.194. The van der Waals surface area contributed by atoms with E-state index in [4.69, 9.17) is 14.2 Å². The minimum Gasteiger partial charge on any atom is -0.444 e. The van der Waals surface area contributed by atoms with Crippen molar-refractivity contribution in [2.75, 3.05) is 19.7 Å². The van der Waals surface area contributed by atoms with Crippen LogP contribution in [0.3, 0.4) is 0 Å². The fourth-order valence-electron chi connectivity index (χ4n) is 2.86. The molecule has 0 saturated carbocycles. The SMILES string of the molecule is CCCCOC(=O)OC1CN(C(=O)OC(C)(C)C)CC1c1ccc(F)cc1. The summed E-state index contributed by atoms with van der Waals surface area (Å²) in [4.78, 5) is 25.9. The van der Waals surface area contributed by atoms with E-state index in [9.17, 15) is 14.0 Å². The third kappa shape index (κ3) is 6.41. The molecule has 150 valence electrons. The summed E-state index contributed by atoms with van der Waals surface area (Å²) in [5.74, 6) is -0.631. The Kier molecular flexibility index (Phi) is 7.05. The molecule has 2 rings (SSSR count). The first-order valence-electron chi connectivity index (χ1n) is 9.26. The van der Waals surface area contributed by atoms with Gasteiger partial charge in [-0.2, -0.15) is 0 Å². The van der Waals surface area contributed by atoms with Crippen LogP contribution >= 0.6 is 0 Å². The topological polar surface area (TPSA) is 65.1 Å². The monoisotopic (exact) mass is 381 g/mol. The molecule has 2 atom stereocenters. The molecule has 0 aromatic heterocycles. The number of benzene rings is 1. The highest BCUT2D eigenvalue weighted by Crippen LogP contribution is 2.31. The van der Waals surface area contributed by atoms with Gasteiger partial charge in [0.2, 0.25) is 0 Å². The minimum atomic E-state index is -0.758. The van der Waals surface area contributed by atoms with Crippen molar-refractivity contribution in [1.29, 1.82) is 0 Å². The van der Waals surface area contributed by atoms with Crippen LogP contribution < -0.4 is 0 Å². The van der Waals surface area contributed by atoms with Crippen molar-refractivity contribution >= 4 is 12.2 Å². The average Bonchev–Trinajstić information content (AvgIpc) is 2.98. The largest absolute Gasteiger partial charge is 0.508 e. The van der Waals surface area contributed by atoms with E-state index in [1.807, 2.05) is 6.92 Å². The highest BCUT2D eigenvalue weighted by Gasteiger charge is 2.40. The van der Waals surface area contributed by atoms with Crippen LogP contribution in [0.1, 0.15) is 52.0 Å². The van der Waals surface area contributed by atoms with Crippen LogP contribution in [0, 0.1) is 5.82 Å². The fourth-order valence-corrected chi connectivity index (χ4v) is 2.86. The molecule has 7 heteroatoms. The molecule has 1 heterocycles. The average molecular weight is 381 g/mol. The number of rotatable bonds is 5. The number of hydrogen-bond donors (Lipinski definition) is 0. The Morgan fingerprint density at radius 1 is 1.19 bits per heavy atom. The summed E-state index contributed by atoms with van der Waals surface area (Å²) in [6.07, 6.45) is -0.157. The summed E-state index contributed by atoms with van der Waals surface area (Å²) in [6, 6.07) is 5.97. The molecule has 0 spiro atoms. The van der Waals surface area contributed by atoms with Crippen molar-refractivity contribution in [2.24, 2.45) is 0 Å². The molecule has 0 radical (unpaired) electrons. The molecule has 0 N–H and O–H groups in total. The Morgan fingerprint density at radius 3 is 2.44 bits per heavy atom. The number of unbranched alkanes of at least 4 members (excludes halogenated alkanes) is 1. The molecule has 1 aromatic rings. The van der Waals surface area contributed by atoms with Gasteiger partial charge in [0, 0.05) is 12.5 Å². The number of amides is 1. The molecular formula is C20H28FNO5. The molecule has 1 amide bonds. The number of halogens is 1. The lowest BCUT2D eigenvalue weighted by molar-refractivity contribution is 0.0126. The van der Waals surface area contributed by atoms with Gasteiger partial charge in [-0.25, -0.2) is 14.0 Å². The summed E-state index contributed by atoms with van der Waals surface area (Å²) < 4.78 is 29.2. The van der Waals surface area contributed by atoms with Crippen LogP contribution in [0.25, 0.3) is 0 Å². The van der Waals surface area contributed by atoms with E-state index in [1.165, 1.54) is 17.0 Å². The highest BCUT2D eigenvalue weighted by atomic mass is 19.1. The van der Waals surface area contributed by atoms with Gasteiger partial charge in [-0.3, -0.25) is 0 Å². The summed E-state index contributed by atoms with van der Waals surface area (Å²) in [6.45, 7) is 8.16. The molecule has 2 unspecified atom stereocenters. The van der Waals surface area contributed by atoms with Crippen LogP contribution in [0.5, 0.6) is 0 Å². The van der Waals surface area contributed by atoms with Gasteiger partial charge in [0.25, 0.3) is 0 Å². The summed E-state index contributed by atoms with van der Waals surface area (Å²) in [5, 5.41) is 0. The first-order valence-corrected chi connectivity index (χ1v) is 9.26. The third-order valence-corrected chi connectivity index (χ3v) is 4.18. The zero-order valence-electron chi connectivity index (χ0n) is 16.4. The number of nitrogens with zero attached hydrogens (tertiary/aromatic N) is 1. The van der Waals surface area contributed by atoms with E-state index in [-0.39, 0.29) is 18.3 Å². The molecule has 0 aliphatic carbocycles. The molecule has 1 saturated heterocycles. The fraction of sp³-hybridized carbons (Fsp3) is 0.600. The lowest BCUT2D eigenvalue weighted by Crippen LogP contribution is -2.36. The van der Waals surface area contributed by atoms with Crippen molar-refractivity contribution in [2.45, 2.75) is 58.2 Å². The lowest BCUT2D eigenvalue weighted by atomic mass is 9.96. The van der Waals surface area contributed by atoms with Crippen molar-refractivity contribution < 1.29 is 28.2 Å². The van der Waals surface area contributed by atoms with E-state index in [0.717, 1.165) is 18.4 Å². The van der Waals surface area contributed by atoms with Gasteiger partial charge in [0.1, 0.15) is 17.5 Å². The zero-order valence-corrected chi connectivity index (χ0v) is 16.4. The van der Waals surface area contributed by atoms with E-state index in [0.29, 0.717) is 13.2 Å². The standard InChI is InChI=1S/C20H28FNO5/c1-5-6-11-25-19(24)26-17-13-22(18(23)27-20(2,3)4)12-16(17)14-7-9-15(21)10-8-14/h7-10,16-17H,5-6,11-13H2,1-4H3. The number of carbonyl (C=O) groups excluding carboxylic acids is 2. The van der Waals surface area contributed by atoms with Crippen molar-refractivity contribution in [1.82, 2.24) is 4.90 Å². The molecule has 1 fully saturated rings. The van der Waals surface area contributed by atoms with E-state index in [2.05, 4.69) is 0 Å². The summed E-state index contributed by atoms with van der Waals surface area (Å²) in [7, 11) is 0. The van der Waals surface area contributed by atoms with Crippen molar-refractivity contribution in [3.05, 3.63) is 35.6 Å². The van der Waals surface area contributed by atoms with E-state index in [1.54, 1.807) is 32.9 Å². The molecular weight excluding hydrogens is 353 g/mol. The number of ether oxygens (including phenoxy) is 3. The maximum absolute atomic E-state index is 13.3. The molecule has 1 aromatic carbocycles. The smallest absolute Gasteiger partial charge is 0.444 e. The lowest BCUT2D eigenvalue weighted by Gasteiger charge is -2.24. The summed E-state index contributed by atoms with van der Waals surface area (Å²) in [5.41, 5.74) is 0.161. The van der Waals surface area contributed by atoms with Crippen LogP contribution in [0.4, 0.5) is 14.0 Å². The van der Waals surface area contributed by atoms with E-state index >= 15 is 0 Å². The van der Waals surface area contributed by atoms with Gasteiger partial charge in [0.05, 0.1) is 13.2 Å². The van der Waals surface area contributed by atoms with Gasteiger partial charge in [-0.15, -0.1) is 0 Å². The van der Waals surface area contributed by atoms with Gasteiger partial charge >= 0.3 is 12.2 Å². The first kappa shape index (κ1) is 21.0. The molecule has 6 nitrogen and oxygen atoms in total. The molecule has 27 heavy (non-hydrogen) atoms. The summed E-state index contributed by atoms with van der Waals surface area (Å²) >= 11 is 0. The van der Waals surface area contributed by atoms with Crippen molar-refractivity contribution in [3.63, 3.8) is 0 Å². The number of likely N-dealkylation sites (tertiary alicyclic amines) is 1. The van der Waals surface area contributed by atoms with Gasteiger partial charge < -0.3 is 19.1 Å². The normalized spacial score (nSPS) is 19.7. The quantitative estimate of drug-likeness (QED) is 0.556. The molecule has 1 aliphatic rings. The third-order valence-electron chi connectivity index (χ3n) is 4.18. The van der Waals surface area contributed by atoms with Gasteiger partial charge in [0.15, 0.2) is 0 Å². The second-order valence-electron chi connectivity index (χ2n) is 7.65. The predicted molar refractivity (Wildman–Crippen MR) is 98.1 cm³/mol. The Morgan fingerprint density at radius 2 is 1.85 bits per heavy atom. The molecule has 1 aliphatic heterocycles. The van der Waals surface area contributed by atoms with E-state index < -0.39 is 24.0 Å². The Bertz CT molecular complexity index is 641. The van der Waals surface area contributed by atoms with Crippen molar-refractivity contribution in [3.8, 4) is 0 Å². The zero-order chi connectivity index (χ0) is 20.0. The predicted octanol–water partition coefficient (Wildman–Crippen LogP) is 4.48. The Balaban J connectivity index is 2.10. The molecule has 0 bridgehead atoms. The Hall–Kier alpha value is -2.31. The van der Waals surface area contributed by atoms with Gasteiger partial charge in [-0.05, 0) is 44.9 Å². The van der Waals surface area contributed by atoms with Crippen LogP contribution in [-0.4, -0.2) is 48.5 Å². The van der Waals surface area contributed by atoms with Crippen LogP contribution in [0.2, 0.25) is 0 Å². The first-order chi connectivity index (χ1) is 12.7. The number of hydrogen-bond acceptors (Lipinski definition) is 5. The second-order valence-corrected chi connectivity index (χ2v) is 7.65. The number of carbonyl (C=O) groups is 2. The van der Waals surface area contributed by atoms with Crippen LogP contribution in [-0.2, 0) is 14.2 Å². The highest BCUT2D eigenvalue weighted by molar-refractivity contribution is 5.69. The second kappa shape index (κ2) is 9.06. The maximum atomic E-state index is 13.3. The van der Waals surface area contributed by atoms with Gasteiger partial charge in [-0.1, -0.05) is 25.5 Å².